The molecule has 2 rings (SSSR count). The molecule has 2 heterocycles. The van der Waals surface area contributed by atoms with E-state index in [0.29, 0.717) is 36.7 Å². The maximum Gasteiger partial charge on any atom is 0.333 e. The molecule has 0 aromatic carbocycles. The monoisotopic (exact) mass is 377 g/mol. The lowest BCUT2D eigenvalue weighted by atomic mass is 10.2. The van der Waals surface area contributed by atoms with Crippen LogP contribution in [0.3, 0.4) is 0 Å². The van der Waals surface area contributed by atoms with E-state index in [0.717, 1.165) is 17.4 Å². The summed E-state index contributed by atoms with van der Waals surface area (Å²) in [5.41, 5.74) is -0.173. The average Bonchev–Trinajstić information content (AvgIpc) is 2.98. The Bertz CT molecular complexity index is 904. The van der Waals surface area contributed by atoms with Gasteiger partial charge in [-0.3, -0.25) is 14.2 Å². The second-order valence-electron chi connectivity index (χ2n) is 7.84. The molecule has 0 bridgehead atoms. The van der Waals surface area contributed by atoms with E-state index < -0.39 is 11.2 Å². The van der Waals surface area contributed by atoms with Crippen molar-refractivity contribution in [2.45, 2.75) is 67.1 Å². The Labute approximate surface area is 159 Å². The molecular formula is C19H31N5O3. The van der Waals surface area contributed by atoms with Crippen molar-refractivity contribution in [3.8, 4) is 0 Å². The van der Waals surface area contributed by atoms with Gasteiger partial charge in [0.25, 0.3) is 5.56 Å². The van der Waals surface area contributed by atoms with E-state index in [9.17, 15) is 14.4 Å². The van der Waals surface area contributed by atoms with Gasteiger partial charge in [0.05, 0.1) is 6.33 Å². The number of unbranched alkanes of at least 4 members (excludes halogenated alkanes) is 1. The Balaban J connectivity index is 2.56. The summed E-state index contributed by atoms with van der Waals surface area (Å²) in [5, 5.41) is 2.77. The van der Waals surface area contributed by atoms with Crippen LogP contribution in [0.4, 0.5) is 0 Å². The summed E-state index contributed by atoms with van der Waals surface area (Å²) in [6.07, 6.45) is 3.42. The highest BCUT2D eigenvalue weighted by molar-refractivity contribution is 5.76. The van der Waals surface area contributed by atoms with Crippen molar-refractivity contribution in [1.29, 1.82) is 0 Å². The van der Waals surface area contributed by atoms with Crippen molar-refractivity contribution in [2.24, 2.45) is 11.8 Å². The van der Waals surface area contributed by atoms with E-state index in [1.54, 1.807) is 10.9 Å². The highest BCUT2D eigenvalue weighted by Gasteiger charge is 2.20. The zero-order valence-corrected chi connectivity index (χ0v) is 17.0. The molecule has 0 aliphatic carbocycles. The van der Waals surface area contributed by atoms with Crippen molar-refractivity contribution in [1.82, 2.24) is 24.0 Å². The third kappa shape index (κ3) is 4.87. The Kier molecular flexibility index (Phi) is 6.98. The van der Waals surface area contributed by atoms with Gasteiger partial charge in [0.1, 0.15) is 6.54 Å². The second-order valence-corrected chi connectivity index (χ2v) is 7.84. The summed E-state index contributed by atoms with van der Waals surface area (Å²) in [6, 6.07) is 0. The fraction of sp³-hybridized carbons (Fsp3) is 0.684. The smallest absolute Gasteiger partial charge is 0.333 e. The molecule has 0 spiro atoms. The minimum absolute atomic E-state index is 0.200. The number of hydrogen-bond acceptors (Lipinski definition) is 4. The predicted octanol–water partition coefficient (Wildman–Crippen LogP) is 1.59. The van der Waals surface area contributed by atoms with Gasteiger partial charge in [-0.1, -0.05) is 41.0 Å². The van der Waals surface area contributed by atoms with Crippen molar-refractivity contribution in [2.75, 3.05) is 6.54 Å². The molecule has 0 aliphatic rings. The number of carbonyl (C=O) groups is 1. The zero-order valence-electron chi connectivity index (χ0n) is 17.0. The lowest BCUT2D eigenvalue weighted by Crippen LogP contribution is -2.44. The maximum atomic E-state index is 13.0. The van der Waals surface area contributed by atoms with Crippen molar-refractivity contribution >= 4 is 17.1 Å². The molecular weight excluding hydrogens is 346 g/mol. The van der Waals surface area contributed by atoms with Crippen LogP contribution < -0.4 is 16.6 Å². The first-order valence-corrected chi connectivity index (χ1v) is 9.71. The average molecular weight is 377 g/mol. The lowest BCUT2D eigenvalue weighted by molar-refractivity contribution is -0.121. The summed E-state index contributed by atoms with van der Waals surface area (Å²) < 4.78 is 4.33. The van der Waals surface area contributed by atoms with Crippen LogP contribution in [0, 0.1) is 11.8 Å². The molecule has 150 valence electrons. The van der Waals surface area contributed by atoms with Crippen LogP contribution in [-0.4, -0.2) is 31.1 Å². The Hall–Kier alpha value is -2.38. The molecule has 2 aromatic heterocycles. The van der Waals surface area contributed by atoms with Crippen molar-refractivity contribution < 1.29 is 4.79 Å². The molecule has 0 saturated carbocycles. The molecule has 8 heteroatoms. The molecule has 0 radical (unpaired) electrons. The number of nitrogens with zero attached hydrogens (tertiary/aromatic N) is 4. The molecule has 0 unspecified atom stereocenters. The second kappa shape index (κ2) is 9.01. The number of hydrogen-bond donors (Lipinski definition) is 1. The van der Waals surface area contributed by atoms with Crippen LogP contribution in [0.1, 0.15) is 47.5 Å². The highest BCUT2D eigenvalue weighted by Crippen LogP contribution is 2.11. The molecule has 0 aliphatic heterocycles. The Morgan fingerprint density at radius 1 is 1.11 bits per heavy atom. The van der Waals surface area contributed by atoms with Crippen LogP contribution in [0.25, 0.3) is 11.2 Å². The number of nitrogens with one attached hydrogen (secondary N) is 1. The fourth-order valence-electron chi connectivity index (χ4n) is 3.04. The molecule has 8 nitrogen and oxygen atoms in total. The van der Waals surface area contributed by atoms with Crippen LogP contribution in [0.2, 0.25) is 0 Å². The van der Waals surface area contributed by atoms with Gasteiger partial charge in [-0.25, -0.2) is 14.3 Å². The lowest BCUT2D eigenvalue weighted by Gasteiger charge is -2.14. The standard InChI is InChI=1S/C19H31N5O3/c1-6-7-8-20-15(25)11-24-18(26)16-17(21-12-22(16)9-13(2)3)23(19(24)27)10-14(4)5/h12-14H,6-11H2,1-5H3,(H,20,25). The van der Waals surface area contributed by atoms with Crippen LogP contribution in [0.15, 0.2) is 15.9 Å². The topological polar surface area (TPSA) is 90.9 Å². The van der Waals surface area contributed by atoms with Crippen molar-refractivity contribution in [3.05, 3.63) is 27.2 Å². The number of imidazole rings is 1. The number of aromatic nitrogens is 4. The van der Waals surface area contributed by atoms with E-state index in [1.165, 1.54) is 4.57 Å². The Morgan fingerprint density at radius 3 is 2.37 bits per heavy atom. The molecule has 0 fully saturated rings. The SMILES string of the molecule is CCCCNC(=O)Cn1c(=O)c2c(ncn2CC(C)C)n(CC(C)C)c1=O. The van der Waals surface area contributed by atoms with Crippen LogP contribution in [-0.2, 0) is 24.4 Å². The summed E-state index contributed by atoms with van der Waals surface area (Å²) in [4.78, 5) is 42.5. The maximum absolute atomic E-state index is 13.0. The summed E-state index contributed by atoms with van der Waals surface area (Å²) in [6.45, 7) is 11.4. The summed E-state index contributed by atoms with van der Waals surface area (Å²) in [7, 11) is 0. The molecule has 1 N–H and O–H groups in total. The third-order valence-corrected chi connectivity index (χ3v) is 4.25. The number of fused-ring (bicyclic) bond motifs is 1. The van der Waals surface area contributed by atoms with Gasteiger partial charge in [-0.05, 0) is 18.3 Å². The third-order valence-electron chi connectivity index (χ3n) is 4.25. The quantitative estimate of drug-likeness (QED) is 0.672. The van der Waals surface area contributed by atoms with Gasteiger partial charge in [-0.15, -0.1) is 0 Å². The van der Waals surface area contributed by atoms with Crippen LogP contribution in [0.5, 0.6) is 0 Å². The van der Waals surface area contributed by atoms with Gasteiger partial charge in [0.2, 0.25) is 5.91 Å². The van der Waals surface area contributed by atoms with Gasteiger partial charge in [0, 0.05) is 19.6 Å². The van der Waals surface area contributed by atoms with Gasteiger partial charge in [0.15, 0.2) is 11.2 Å². The van der Waals surface area contributed by atoms with E-state index in [4.69, 9.17) is 0 Å². The van der Waals surface area contributed by atoms with Crippen LogP contribution >= 0.6 is 0 Å². The normalized spacial score (nSPS) is 11.7. The number of rotatable bonds is 9. The Morgan fingerprint density at radius 2 is 1.78 bits per heavy atom. The molecule has 0 atom stereocenters. The molecule has 2 aromatic rings. The number of amides is 1. The first kappa shape index (κ1) is 20.9. The minimum Gasteiger partial charge on any atom is -0.355 e. The van der Waals surface area contributed by atoms with E-state index >= 15 is 0 Å². The first-order valence-electron chi connectivity index (χ1n) is 9.71. The predicted molar refractivity (Wildman–Crippen MR) is 106 cm³/mol. The van der Waals surface area contributed by atoms with Crippen molar-refractivity contribution in [3.63, 3.8) is 0 Å². The summed E-state index contributed by atoms with van der Waals surface area (Å²) in [5.74, 6) is 0.191. The van der Waals surface area contributed by atoms with E-state index in [2.05, 4.69) is 24.1 Å². The first-order chi connectivity index (χ1) is 12.8. The molecule has 1 amide bonds. The van der Waals surface area contributed by atoms with Gasteiger partial charge in [-0.2, -0.15) is 0 Å². The summed E-state index contributed by atoms with van der Waals surface area (Å²) >= 11 is 0. The molecule has 0 saturated heterocycles. The zero-order chi connectivity index (χ0) is 20.1. The largest absolute Gasteiger partial charge is 0.355 e. The van der Waals surface area contributed by atoms with Gasteiger partial charge < -0.3 is 9.88 Å². The highest BCUT2D eigenvalue weighted by atomic mass is 16.2. The minimum atomic E-state index is -0.485. The van der Waals surface area contributed by atoms with Gasteiger partial charge >= 0.3 is 5.69 Å². The fourth-order valence-corrected chi connectivity index (χ4v) is 3.04. The molecule has 27 heavy (non-hydrogen) atoms. The number of carbonyl (C=O) groups excluding carboxylic acids is 1. The van der Waals surface area contributed by atoms with E-state index in [1.807, 2.05) is 20.8 Å². The van der Waals surface area contributed by atoms with E-state index in [-0.39, 0.29) is 18.4 Å².